The van der Waals surface area contributed by atoms with Gasteiger partial charge in [0.1, 0.15) is 0 Å². The second-order valence-electron chi connectivity index (χ2n) is 2.57. The first-order valence-corrected chi connectivity index (χ1v) is 3.97. The summed E-state index contributed by atoms with van der Waals surface area (Å²) in [6.07, 6.45) is 0. The Labute approximate surface area is 73.3 Å². The van der Waals surface area contributed by atoms with Crippen LogP contribution in [0.4, 0.5) is 0 Å². The fourth-order valence-electron chi connectivity index (χ4n) is 0.893. The zero-order valence-corrected chi connectivity index (χ0v) is 7.30. The average molecular weight is 162 g/mol. The van der Waals surface area contributed by atoms with Crippen LogP contribution in [0.15, 0.2) is 42.7 Å². The standard InChI is InChI=1S/C10H14N2/c1-9(11-2)12-8-10-6-4-3-5-7-10/h3-7,11-12H,1,8H2,2H3. The second-order valence-corrected chi connectivity index (χ2v) is 2.57. The van der Waals surface area contributed by atoms with Gasteiger partial charge in [-0.2, -0.15) is 0 Å². The second kappa shape index (κ2) is 4.44. The molecular formula is C10H14N2. The normalized spacial score (nSPS) is 9.08. The molecule has 0 saturated heterocycles. The number of benzene rings is 1. The molecule has 2 N–H and O–H groups in total. The Bertz CT molecular complexity index is 241. The monoisotopic (exact) mass is 162 g/mol. The van der Waals surface area contributed by atoms with Gasteiger partial charge in [-0.1, -0.05) is 36.9 Å². The lowest BCUT2D eigenvalue weighted by Crippen LogP contribution is -2.21. The van der Waals surface area contributed by atoms with E-state index in [-0.39, 0.29) is 0 Å². The van der Waals surface area contributed by atoms with Gasteiger partial charge in [0, 0.05) is 13.6 Å². The van der Waals surface area contributed by atoms with E-state index >= 15 is 0 Å². The Hall–Kier alpha value is -1.44. The zero-order chi connectivity index (χ0) is 8.81. The van der Waals surface area contributed by atoms with E-state index in [1.807, 2.05) is 25.2 Å². The van der Waals surface area contributed by atoms with Crippen molar-refractivity contribution in [2.45, 2.75) is 6.54 Å². The van der Waals surface area contributed by atoms with Crippen molar-refractivity contribution < 1.29 is 0 Å². The minimum absolute atomic E-state index is 0.820. The summed E-state index contributed by atoms with van der Waals surface area (Å²) in [5, 5.41) is 6.07. The van der Waals surface area contributed by atoms with Gasteiger partial charge in [0.25, 0.3) is 0 Å². The summed E-state index contributed by atoms with van der Waals surface area (Å²) < 4.78 is 0. The first-order chi connectivity index (χ1) is 5.83. The lowest BCUT2D eigenvalue weighted by Gasteiger charge is -2.07. The molecule has 0 atom stereocenters. The molecule has 0 amide bonds. The van der Waals surface area contributed by atoms with E-state index in [1.54, 1.807) is 0 Å². The molecule has 64 valence electrons. The molecular weight excluding hydrogens is 148 g/mol. The van der Waals surface area contributed by atoms with Crippen molar-refractivity contribution in [2.75, 3.05) is 7.05 Å². The Balaban J connectivity index is 2.38. The maximum absolute atomic E-state index is 3.77. The van der Waals surface area contributed by atoms with Crippen LogP contribution in [-0.4, -0.2) is 7.05 Å². The van der Waals surface area contributed by atoms with Crippen molar-refractivity contribution in [1.29, 1.82) is 0 Å². The van der Waals surface area contributed by atoms with Crippen molar-refractivity contribution >= 4 is 0 Å². The highest BCUT2D eigenvalue weighted by Crippen LogP contribution is 1.97. The molecule has 0 heterocycles. The summed E-state index contributed by atoms with van der Waals surface area (Å²) in [6, 6.07) is 10.2. The molecule has 0 unspecified atom stereocenters. The first-order valence-electron chi connectivity index (χ1n) is 3.97. The van der Waals surface area contributed by atoms with Crippen LogP contribution in [-0.2, 0) is 6.54 Å². The summed E-state index contributed by atoms with van der Waals surface area (Å²) in [6.45, 7) is 4.59. The molecule has 0 aliphatic carbocycles. The van der Waals surface area contributed by atoms with Gasteiger partial charge in [0.15, 0.2) is 0 Å². The zero-order valence-electron chi connectivity index (χ0n) is 7.30. The van der Waals surface area contributed by atoms with E-state index in [0.29, 0.717) is 0 Å². The highest BCUT2D eigenvalue weighted by atomic mass is 15.1. The van der Waals surface area contributed by atoms with Crippen LogP contribution in [0.5, 0.6) is 0 Å². The quantitative estimate of drug-likeness (QED) is 0.700. The molecule has 0 bridgehead atoms. The summed E-state index contributed by atoms with van der Waals surface area (Å²) in [4.78, 5) is 0. The third kappa shape index (κ3) is 2.66. The van der Waals surface area contributed by atoms with Crippen molar-refractivity contribution in [2.24, 2.45) is 0 Å². The Kier molecular flexibility index (Phi) is 3.20. The molecule has 1 aromatic rings. The number of hydrogen-bond acceptors (Lipinski definition) is 2. The van der Waals surface area contributed by atoms with Gasteiger partial charge in [-0.05, 0) is 5.56 Å². The smallest absolute Gasteiger partial charge is 0.0912 e. The van der Waals surface area contributed by atoms with Gasteiger partial charge in [0.2, 0.25) is 0 Å². The maximum Gasteiger partial charge on any atom is 0.0912 e. The van der Waals surface area contributed by atoms with Crippen LogP contribution in [0, 0.1) is 0 Å². The molecule has 0 fully saturated rings. The van der Waals surface area contributed by atoms with E-state index < -0.39 is 0 Å². The molecule has 0 aliphatic rings. The van der Waals surface area contributed by atoms with Crippen LogP contribution in [0.25, 0.3) is 0 Å². The topological polar surface area (TPSA) is 24.1 Å². The molecule has 0 saturated carbocycles. The number of rotatable bonds is 4. The molecule has 0 aliphatic heterocycles. The third-order valence-electron chi connectivity index (χ3n) is 1.65. The molecule has 0 radical (unpaired) electrons. The fraction of sp³-hybridized carbons (Fsp3) is 0.200. The summed E-state index contributed by atoms with van der Waals surface area (Å²) in [5.41, 5.74) is 1.26. The van der Waals surface area contributed by atoms with Crippen LogP contribution in [0.3, 0.4) is 0 Å². The largest absolute Gasteiger partial charge is 0.375 e. The average Bonchev–Trinajstić information content (AvgIpc) is 2.16. The molecule has 1 rings (SSSR count). The van der Waals surface area contributed by atoms with Gasteiger partial charge in [-0.25, -0.2) is 0 Å². The predicted molar refractivity (Wildman–Crippen MR) is 51.5 cm³/mol. The van der Waals surface area contributed by atoms with Gasteiger partial charge in [0.05, 0.1) is 5.82 Å². The van der Waals surface area contributed by atoms with Gasteiger partial charge in [-0.15, -0.1) is 0 Å². The van der Waals surface area contributed by atoms with Crippen molar-refractivity contribution in [1.82, 2.24) is 10.6 Å². The minimum atomic E-state index is 0.820. The van der Waals surface area contributed by atoms with Gasteiger partial charge in [-0.3, -0.25) is 0 Å². The summed E-state index contributed by atoms with van der Waals surface area (Å²) in [5.74, 6) is 0.846. The maximum atomic E-state index is 3.77. The van der Waals surface area contributed by atoms with Crippen molar-refractivity contribution in [3.05, 3.63) is 48.3 Å². The lowest BCUT2D eigenvalue weighted by atomic mass is 10.2. The molecule has 0 aromatic heterocycles. The molecule has 2 nitrogen and oxygen atoms in total. The van der Waals surface area contributed by atoms with E-state index in [0.717, 1.165) is 12.4 Å². The van der Waals surface area contributed by atoms with Crippen molar-refractivity contribution in [3.63, 3.8) is 0 Å². The van der Waals surface area contributed by atoms with Gasteiger partial charge >= 0.3 is 0 Å². The highest BCUT2D eigenvalue weighted by molar-refractivity contribution is 5.14. The van der Waals surface area contributed by atoms with E-state index in [9.17, 15) is 0 Å². The predicted octanol–water partition coefficient (Wildman–Crippen LogP) is 1.47. The van der Waals surface area contributed by atoms with Crippen LogP contribution in [0.1, 0.15) is 5.56 Å². The number of nitrogens with one attached hydrogen (secondary N) is 2. The van der Waals surface area contributed by atoms with Gasteiger partial charge < -0.3 is 10.6 Å². The highest BCUT2D eigenvalue weighted by Gasteiger charge is 1.89. The Morgan fingerprint density at radius 3 is 2.58 bits per heavy atom. The summed E-state index contributed by atoms with van der Waals surface area (Å²) >= 11 is 0. The van der Waals surface area contributed by atoms with Crippen molar-refractivity contribution in [3.8, 4) is 0 Å². The summed E-state index contributed by atoms with van der Waals surface area (Å²) in [7, 11) is 1.85. The first kappa shape index (κ1) is 8.65. The SMILES string of the molecule is C=C(NC)NCc1ccccc1. The molecule has 12 heavy (non-hydrogen) atoms. The lowest BCUT2D eigenvalue weighted by molar-refractivity contribution is 0.742. The third-order valence-corrected chi connectivity index (χ3v) is 1.65. The minimum Gasteiger partial charge on any atom is -0.375 e. The van der Waals surface area contributed by atoms with Crippen LogP contribution in [0.2, 0.25) is 0 Å². The molecule has 1 aromatic carbocycles. The van der Waals surface area contributed by atoms with E-state index in [2.05, 4.69) is 29.3 Å². The van der Waals surface area contributed by atoms with Crippen LogP contribution < -0.4 is 10.6 Å². The number of hydrogen-bond donors (Lipinski definition) is 2. The van der Waals surface area contributed by atoms with E-state index in [4.69, 9.17) is 0 Å². The molecule has 2 heteroatoms. The molecule has 0 spiro atoms. The fourth-order valence-corrected chi connectivity index (χ4v) is 0.893. The van der Waals surface area contributed by atoms with E-state index in [1.165, 1.54) is 5.56 Å². The Morgan fingerprint density at radius 2 is 2.00 bits per heavy atom. The Morgan fingerprint density at radius 1 is 1.33 bits per heavy atom. The van der Waals surface area contributed by atoms with Crippen LogP contribution >= 0.6 is 0 Å².